The second kappa shape index (κ2) is 9.80. The Hall–Kier alpha value is -3.10. The summed E-state index contributed by atoms with van der Waals surface area (Å²) in [4.78, 5) is 38.8. The van der Waals surface area contributed by atoms with Crippen LogP contribution in [0.3, 0.4) is 0 Å². The standard InChI is InChI=1S/C25H26N2O5S/c1-17(28)31-14-8-13-25(15-27-22(29)20(26)23(27)33-16-25)24(30)32-21(18-9-4-2-5-10-18)19-11-6-3-7-12-19/h2-13,20-21,23H,14-16,26H2,1H3/t20?,23-,25?/m1/s1. The number of amides is 1. The molecular formula is C25H26N2O5S. The maximum Gasteiger partial charge on any atom is 0.319 e. The summed E-state index contributed by atoms with van der Waals surface area (Å²) in [7, 11) is 0. The Balaban J connectivity index is 1.62. The predicted octanol–water partition coefficient (Wildman–Crippen LogP) is 2.67. The van der Waals surface area contributed by atoms with Gasteiger partial charge in [0, 0.05) is 19.2 Å². The summed E-state index contributed by atoms with van der Waals surface area (Å²) in [6, 6.07) is 18.5. The van der Waals surface area contributed by atoms with Gasteiger partial charge in [0.1, 0.15) is 23.4 Å². The van der Waals surface area contributed by atoms with Gasteiger partial charge in [-0.15, -0.1) is 11.8 Å². The first-order valence-electron chi connectivity index (χ1n) is 10.7. The van der Waals surface area contributed by atoms with Crippen LogP contribution in [-0.4, -0.2) is 53.1 Å². The first kappa shape index (κ1) is 23.1. The van der Waals surface area contributed by atoms with E-state index < -0.39 is 29.5 Å². The fourth-order valence-electron chi connectivity index (χ4n) is 4.04. The number of hydrogen-bond donors (Lipinski definition) is 1. The molecule has 33 heavy (non-hydrogen) atoms. The van der Waals surface area contributed by atoms with E-state index in [1.54, 1.807) is 17.1 Å². The molecule has 1 amide bonds. The molecule has 8 heteroatoms. The van der Waals surface area contributed by atoms with E-state index in [-0.39, 0.29) is 24.4 Å². The second-order valence-electron chi connectivity index (χ2n) is 8.16. The molecule has 2 saturated heterocycles. The average Bonchev–Trinajstić information content (AvgIpc) is 2.85. The number of ether oxygens (including phenoxy) is 2. The molecule has 2 aromatic carbocycles. The van der Waals surface area contributed by atoms with Gasteiger partial charge in [-0.1, -0.05) is 72.8 Å². The first-order chi connectivity index (χ1) is 15.9. The molecule has 2 heterocycles. The SMILES string of the molecule is CC(=O)OCC=CC1(C(=O)OC(c2ccccc2)c2ccccc2)CS[C@@H]2C(N)C(=O)N2C1. The number of nitrogens with two attached hydrogens (primary N) is 1. The number of carbonyl (C=O) groups is 3. The summed E-state index contributed by atoms with van der Waals surface area (Å²) in [5, 5.41) is -0.140. The third-order valence-corrected chi connectivity index (χ3v) is 7.37. The van der Waals surface area contributed by atoms with Crippen molar-refractivity contribution >= 4 is 29.6 Å². The Bertz CT molecular complexity index is 1010. The molecule has 2 aliphatic heterocycles. The summed E-state index contributed by atoms with van der Waals surface area (Å²) in [6.45, 7) is 1.53. The minimum atomic E-state index is -1.08. The van der Waals surface area contributed by atoms with Crippen molar-refractivity contribution in [2.75, 3.05) is 18.9 Å². The monoisotopic (exact) mass is 466 g/mol. The molecule has 2 N–H and O–H groups in total. The molecule has 172 valence electrons. The van der Waals surface area contributed by atoms with Crippen LogP contribution in [0.1, 0.15) is 24.2 Å². The largest absolute Gasteiger partial charge is 0.462 e. The summed E-state index contributed by atoms with van der Waals surface area (Å²) < 4.78 is 11.1. The Morgan fingerprint density at radius 1 is 1.15 bits per heavy atom. The number of fused-ring (bicyclic) bond motifs is 1. The van der Waals surface area contributed by atoms with E-state index in [1.165, 1.54) is 18.7 Å². The number of benzene rings is 2. The molecule has 0 saturated carbocycles. The number of carbonyl (C=O) groups excluding carboxylic acids is 3. The number of rotatable bonds is 7. The van der Waals surface area contributed by atoms with E-state index in [0.29, 0.717) is 5.75 Å². The minimum Gasteiger partial charge on any atom is -0.462 e. The summed E-state index contributed by atoms with van der Waals surface area (Å²) in [5.41, 5.74) is 6.53. The molecular weight excluding hydrogens is 440 g/mol. The van der Waals surface area contributed by atoms with Crippen molar-refractivity contribution in [1.29, 1.82) is 0 Å². The molecule has 3 atom stereocenters. The lowest BCUT2D eigenvalue weighted by molar-refractivity contribution is -0.161. The molecule has 4 rings (SSSR count). The number of hydrogen-bond acceptors (Lipinski definition) is 7. The quantitative estimate of drug-likeness (QED) is 0.380. The third kappa shape index (κ3) is 4.82. The molecule has 0 aliphatic carbocycles. The van der Waals surface area contributed by atoms with Crippen LogP contribution in [0.2, 0.25) is 0 Å². The molecule has 7 nitrogen and oxygen atoms in total. The van der Waals surface area contributed by atoms with Crippen molar-refractivity contribution in [3.8, 4) is 0 Å². The summed E-state index contributed by atoms with van der Waals surface area (Å²) in [6.07, 6.45) is 2.73. The van der Waals surface area contributed by atoms with Gasteiger partial charge in [0.25, 0.3) is 0 Å². The van der Waals surface area contributed by atoms with Gasteiger partial charge in [-0.25, -0.2) is 0 Å². The van der Waals surface area contributed by atoms with E-state index in [9.17, 15) is 14.4 Å². The average molecular weight is 467 g/mol. The van der Waals surface area contributed by atoms with Crippen LogP contribution in [0.25, 0.3) is 0 Å². The van der Waals surface area contributed by atoms with Gasteiger partial charge in [0.2, 0.25) is 5.91 Å². The minimum absolute atomic E-state index is 0.0344. The van der Waals surface area contributed by atoms with Gasteiger partial charge >= 0.3 is 11.9 Å². The fraction of sp³-hybridized carbons (Fsp3) is 0.320. The lowest BCUT2D eigenvalue weighted by Crippen LogP contribution is -2.72. The van der Waals surface area contributed by atoms with Gasteiger partial charge < -0.3 is 20.1 Å². The second-order valence-corrected chi connectivity index (χ2v) is 9.27. The van der Waals surface area contributed by atoms with Crippen molar-refractivity contribution in [1.82, 2.24) is 4.90 Å². The van der Waals surface area contributed by atoms with Gasteiger partial charge in [-0.2, -0.15) is 0 Å². The van der Waals surface area contributed by atoms with Crippen molar-refractivity contribution in [2.45, 2.75) is 24.4 Å². The molecule has 2 aliphatic rings. The van der Waals surface area contributed by atoms with Gasteiger partial charge in [-0.05, 0) is 11.1 Å². The van der Waals surface area contributed by atoms with Crippen molar-refractivity contribution in [3.05, 3.63) is 83.9 Å². The Morgan fingerprint density at radius 2 is 1.76 bits per heavy atom. The maximum absolute atomic E-state index is 13.7. The zero-order valence-electron chi connectivity index (χ0n) is 18.3. The summed E-state index contributed by atoms with van der Waals surface area (Å²) >= 11 is 1.46. The summed E-state index contributed by atoms with van der Waals surface area (Å²) in [5.74, 6) is -0.633. The zero-order chi connectivity index (χ0) is 23.4. The van der Waals surface area contributed by atoms with E-state index in [2.05, 4.69) is 0 Å². The third-order valence-electron chi connectivity index (χ3n) is 5.80. The van der Waals surface area contributed by atoms with Crippen LogP contribution in [0, 0.1) is 5.41 Å². The lowest BCUT2D eigenvalue weighted by atomic mass is 9.86. The van der Waals surface area contributed by atoms with E-state index in [4.69, 9.17) is 15.2 Å². The molecule has 0 spiro atoms. The Kier molecular flexibility index (Phi) is 6.85. The molecule has 0 bridgehead atoms. The van der Waals surface area contributed by atoms with Crippen LogP contribution in [0.5, 0.6) is 0 Å². The van der Waals surface area contributed by atoms with Crippen LogP contribution in [0.15, 0.2) is 72.8 Å². The highest BCUT2D eigenvalue weighted by atomic mass is 32.2. The van der Waals surface area contributed by atoms with E-state index in [0.717, 1.165) is 11.1 Å². The zero-order valence-corrected chi connectivity index (χ0v) is 19.1. The highest BCUT2D eigenvalue weighted by Gasteiger charge is 2.55. The van der Waals surface area contributed by atoms with Crippen LogP contribution in [-0.2, 0) is 23.9 Å². The van der Waals surface area contributed by atoms with E-state index >= 15 is 0 Å². The topological polar surface area (TPSA) is 98.9 Å². The van der Waals surface area contributed by atoms with Gasteiger partial charge in [0.15, 0.2) is 6.10 Å². The molecule has 2 unspecified atom stereocenters. The molecule has 2 fully saturated rings. The smallest absolute Gasteiger partial charge is 0.319 e. The number of thioether (sulfide) groups is 1. The van der Waals surface area contributed by atoms with E-state index in [1.807, 2.05) is 60.7 Å². The fourth-order valence-corrected chi connectivity index (χ4v) is 5.49. The highest BCUT2D eigenvalue weighted by Crippen LogP contribution is 2.44. The maximum atomic E-state index is 13.7. The van der Waals surface area contributed by atoms with Crippen LogP contribution >= 0.6 is 11.8 Å². The Labute approximate surface area is 196 Å². The van der Waals surface area contributed by atoms with Gasteiger partial charge in [0.05, 0.1) is 0 Å². The highest BCUT2D eigenvalue weighted by molar-refractivity contribution is 8.00. The predicted molar refractivity (Wildman–Crippen MR) is 125 cm³/mol. The van der Waals surface area contributed by atoms with Crippen LogP contribution in [0.4, 0.5) is 0 Å². The number of β-lactam (4-membered cyclic amide) rings is 1. The Morgan fingerprint density at radius 3 is 2.33 bits per heavy atom. The van der Waals surface area contributed by atoms with Crippen molar-refractivity contribution < 1.29 is 23.9 Å². The normalized spacial score (nSPS) is 24.3. The first-order valence-corrected chi connectivity index (χ1v) is 11.8. The van der Waals surface area contributed by atoms with Gasteiger partial charge in [-0.3, -0.25) is 14.4 Å². The van der Waals surface area contributed by atoms with Crippen molar-refractivity contribution in [2.24, 2.45) is 11.1 Å². The molecule has 0 aromatic heterocycles. The molecule has 2 aromatic rings. The lowest BCUT2D eigenvalue weighted by Gasteiger charge is -2.52. The van der Waals surface area contributed by atoms with Crippen molar-refractivity contribution in [3.63, 3.8) is 0 Å². The number of esters is 2. The van der Waals surface area contributed by atoms with Crippen LogP contribution < -0.4 is 5.73 Å². The number of nitrogens with zero attached hydrogens (tertiary/aromatic N) is 1. The molecule has 0 radical (unpaired) electrons.